The maximum atomic E-state index is 14.6. The number of ketones is 4. The Hall–Kier alpha value is -4.92. The number of ether oxygens (including phenoxy) is 3. The van der Waals surface area contributed by atoms with Crippen LogP contribution in [0.5, 0.6) is 11.5 Å². The van der Waals surface area contributed by atoms with Crippen LogP contribution < -0.4 is 20.1 Å². The first-order valence-corrected chi connectivity index (χ1v) is 22.3. The summed E-state index contributed by atoms with van der Waals surface area (Å²) in [6.45, 7) is 13.7. The van der Waals surface area contributed by atoms with Gasteiger partial charge in [-0.1, -0.05) is 32.9 Å². The van der Waals surface area contributed by atoms with Crippen LogP contribution in [0.1, 0.15) is 105 Å². The Morgan fingerprint density at radius 2 is 1.58 bits per heavy atom. The second-order valence-corrected chi connectivity index (χ2v) is 18.3. The minimum absolute atomic E-state index is 0.0346. The number of nitrogens with one attached hydrogen (secondary N) is 2. The quantitative estimate of drug-likeness (QED) is 0.174. The van der Waals surface area contributed by atoms with Crippen molar-refractivity contribution in [3.63, 3.8) is 0 Å². The summed E-state index contributed by atoms with van der Waals surface area (Å²) >= 11 is 0. The Morgan fingerprint density at radius 3 is 2.18 bits per heavy atom. The normalized spacial score (nSPS) is 18.5. The molecule has 1 unspecified atom stereocenters. The van der Waals surface area contributed by atoms with Gasteiger partial charge in [0, 0.05) is 78.0 Å². The van der Waals surface area contributed by atoms with Crippen molar-refractivity contribution in [3.8, 4) is 22.6 Å². The van der Waals surface area contributed by atoms with Crippen molar-refractivity contribution in [3.05, 3.63) is 47.5 Å². The van der Waals surface area contributed by atoms with Gasteiger partial charge >= 0.3 is 6.09 Å². The fourth-order valence-corrected chi connectivity index (χ4v) is 7.45. The van der Waals surface area contributed by atoms with Crippen molar-refractivity contribution in [2.45, 2.75) is 112 Å². The van der Waals surface area contributed by atoms with E-state index in [1.54, 1.807) is 65.0 Å². The second kappa shape index (κ2) is 22.6. The van der Waals surface area contributed by atoms with Crippen LogP contribution in [0.3, 0.4) is 0 Å². The van der Waals surface area contributed by atoms with Crippen molar-refractivity contribution in [1.82, 2.24) is 15.5 Å². The first-order chi connectivity index (χ1) is 28.1. The summed E-state index contributed by atoms with van der Waals surface area (Å²) in [6, 6.07) is 8.17. The molecule has 3 amide bonds. The van der Waals surface area contributed by atoms with E-state index < -0.39 is 69.9 Å². The number of alkyl carbamates (subject to hydrolysis) is 1. The van der Waals surface area contributed by atoms with E-state index in [0.29, 0.717) is 46.8 Å². The zero-order chi connectivity index (χ0) is 44.9. The van der Waals surface area contributed by atoms with Gasteiger partial charge < -0.3 is 34.5 Å². The Labute approximate surface area is 356 Å². The molecular weight excluding hydrogens is 791 g/mol. The van der Waals surface area contributed by atoms with Crippen LogP contribution >= 0.6 is 0 Å². The third-order valence-electron chi connectivity index (χ3n) is 10.1. The molecule has 2 aromatic carbocycles. The van der Waals surface area contributed by atoms with E-state index in [9.17, 15) is 37.8 Å². The van der Waals surface area contributed by atoms with Crippen LogP contribution in [-0.4, -0.2) is 101 Å². The molecule has 0 fully saturated rings. The molecule has 0 spiro atoms. The van der Waals surface area contributed by atoms with Crippen LogP contribution in [0.4, 0.5) is 4.79 Å². The van der Waals surface area contributed by atoms with Crippen molar-refractivity contribution < 1.29 is 52.0 Å². The van der Waals surface area contributed by atoms with E-state index >= 15 is 0 Å². The SMILES string of the molecule is CCCOc1ccc2cc1-c1cc(ccc1OCCNC(=O)OC(C)(C)C)C[C@@H](C(=O)C[C@@H](C)C(C)=O)NC(=O)[C@H](C)CC(=O)[C@H]2N(C)C(=O)[C@H](CCS(C)=O)CC(C)=O. The maximum Gasteiger partial charge on any atom is 0.407 e. The lowest BCUT2D eigenvalue weighted by molar-refractivity contribution is -0.143. The third kappa shape index (κ3) is 15.0. The summed E-state index contributed by atoms with van der Waals surface area (Å²) in [5.74, 6) is -3.61. The Balaban J connectivity index is 2.28. The number of nitrogens with zero attached hydrogens (tertiary/aromatic N) is 1. The van der Waals surface area contributed by atoms with E-state index in [4.69, 9.17) is 14.2 Å². The standard InChI is InChI=1S/C45H63N3O11S/c1-11-18-57-40-15-13-32-26-35(40)34-24-31(12-14-39(34)58-19-17-46-44(55)59-45(6,7)8)25-36(37(51)21-27(2)30(5)50)47-42(53)28(3)22-38(52)41(32)48(9)43(54)33(23-29(4)49)16-20-60(10)56/h12-15,24,26-28,33,36,41H,11,16-23,25H2,1-10H3,(H,46,55)(H,47,53)/t27-,28-,33-,36+,41+,60?/m1/s1. The van der Waals surface area contributed by atoms with E-state index in [-0.39, 0.29) is 68.4 Å². The van der Waals surface area contributed by atoms with Crippen molar-refractivity contribution in [2.75, 3.05) is 38.8 Å². The summed E-state index contributed by atoms with van der Waals surface area (Å²) in [5, 5.41) is 5.53. The van der Waals surface area contributed by atoms with Crippen molar-refractivity contribution >= 4 is 51.8 Å². The molecule has 60 heavy (non-hydrogen) atoms. The zero-order valence-electron chi connectivity index (χ0n) is 36.8. The van der Waals surface area contributed by atoms with Crippen LogP contribution in [0, 0.1) is 17.8 Å². The minimum Gasteiger partial charge on any atom is -0.493 e. The van der Waals surface area contributed by atoms with Gasteiger partial charge in [0.1, 0.15) is 41.3 Å². The fraction of sp³-hybridized carbons (Fsp3) is 0.578. The number of hydrogen-bond acceptors (Lipinski definition) is 11. The molecule has 15 heteroatoms. The molecule has 3 rings (SSSR count). The topological polar surface area (TPSA) is 192 Å². The first-order valence-electron chi connectivity index (χ1n) is 20.5. The van der Waals surface area contributed by atoms with Gasteiger partial charge in [-0.25, -0.2) is 4.79 Å². The molecule has 330 valence electrons. The van der Waals surface area contributed by atoms with Crippen molar-refractivity contribution in [1.29, 1.82) is 0 Å². The third-order valence-corrected chi connectivity index (χ3v) is 10.9. The monoisotopic (exact) mass is 853 g/mol. The van der Waals surface area contributed by atoms with Crippen LogP contribution in [0.15, 0.2) is 36.4 Å². The number of likely N-dealkylation sites (N-methyl/N-ethyl adjacent to an activating group) is 1. The number of amides is 3. The maximum absolute atomic E-state index is 14.6. The molecule has 1 aliphatic rings. The molecule has 0 aliphatic carbocycles. The number of carbonyl (C=O) groups excluding carboxylic acids is 7. The highest BCUT2D eigenvalue weighted by Gasteiger charge is 2.36. The van der Waals surface area contributed by atoms with Gasteiger partial charge in [-0.05, 0) is 89.3 Å². The Bertz CT molecular complexity index is 1920. The highest BCUT2D eigenvalue weighted by molar-refractivity contribution is 7.84. The molecular formula is C45H63N3O11S. The summed E-state index contributed by atoms with van der Waals surface area (Å²) in [4.78, 5) is 94.6. The van der Waals surface area contributed by atoms with Gasteiger partial charge in [0.2, 0.25) is 11.8 Å². The Kier molecular flexibility index (Phi) is 18.6. The van der Waals surface area contributed by atoms with Gasteiger partial charge in [0.25, 0.3) is 0 Å². The van der Waals surface area contributed by atoms with Crippen molar-refractivity contribution in [2.24, 2.45) is 17.8 Å². The van der Waals surface area contributed by atoms with Gasteiger partial charge in [-0.2, -0.15) is 0 Å². The number of Topliss-reactive ketones (excluding diaryl/α,β-unsaturated/α-hetero) is 4. The number of benzene rings is 2. The van der Waals surface area contributed by atoms with Gasteiger partial charge in [-0.3, -0.25) is 28.2 Å². The van der Waals surface area contributed by atoms with Crippen LogP contribution in [-0.2, 0) is 50.7 Å². The van der Waals surface area contributed by atoms with E-state index in [1.807, 2.05) is 13.0 Å². The lowest BCUT2D eigenvalue weighted by Crippen LogP contribution is -2.46. The molecule has 1 heterocycles. The number of fused-ring (bicyclic) bond motifs is 5. The number of rotatable bonds is 18. The van der Waals surface area contributed by atoms with E-state index in [0.717, 1.165) is 0 Å². The highest BCUT2D eigenvalue weighted by Crippen LogP contribution is 2.41. The van der Waals surface area contributed by atoms with Crippen LogP contribution in [0.25, 0.3) is 11.1 Å². The molecule has 4 bridgehead atoms. The van der Waals surface area contributed by atoms with Gasteiger partial charge in [-0.15, -0.1) is 0 Å². The summed E-state index contributed by atoms with van der Waals surface area (Å²) in [6.07, 6.45) is 1.29. The number of carbonyl (C=O) groups is 7. The summed E-state index contributed by atoms with van der Waals surface area (Å²) in [7, 11) is 0.241. The molecule has 0 aromatic heterocycles. The summed E-state index contributed by atoms with van der Waals surface area (Å²) in [5.41, 5.74) is 1.39. The average molecular weight is 854 g/mol. The minimum atomic E-state index is -1.24. The summed E-state index contributed by atoms with van der Waals surface area (Å²) < 4.78 is 29.9. The second-order valence-electron chi connectivity index (χ2n) is 16.8. The highest BCUT2D eigenvalue weighted by atomic mass is 32.2. The molecule has 6 atom stereocenters. The average Bonchev–Trinajstić information content (AvgIpc) is 3.15. The Morgan fingerprint density at radius 1 is 0.950 bits per heavy atom. The lowest BCUT2D eigenvalue weighted by Gasteiger charge is -2.32. The van der Waals surface area contributed by atoms with Gasteiger partial charge in [0.05, 0.1) is 19.2 Å². The first kappa shape index (κ1) is 49.4. The largest absolute Gasteiger partial charge is 0.493 e. The molecule has 0 saturated heterocycles. The van der Waals surface area contributed by atoms with E-state index in [1.165, 1.54) is 32.1 Å². The van der Waals surface area contributed by atoms with Crippen LogP contribution in [0.2, 0.25) is 0 Å². The predicted octanol–water partition coefficient (Wildman–Crippen LogP) is 5.73. The fourth-order valence-electron chi connectivity index (χ4n) is 6.83. The lowest BCUT2D eigenvalue weighted by atomic mass is 9.88. The smallest absolute Gasteiger partial charge is 0.407 e. The molecule has 1 aliphatic heterocycles. The zero-order valence-corrected chi connectivity index (χ0v) is 37.6. The molecule has 14 nitrogen and oxygen atoms in total. The predicted molar refractivity (Wildman–Crippen MR) is 229 cm³/mol. The molecule has 0 saturated carbocycles. The molecule has 2 aromatic rings. The van der Waals surface area contributed by atoms with E-state index in [2.05, 4.69) is 10.6 Å². The number of hydrogen-bond donors (Lipinski definition) is 2. The molecule has 0 radical (unpaired) electrons. The van der Waals surface area contributed by atoms with Gasteiger partial charge in [0.15, 0.2) is 11.6 Å². The molecule has 2 N–H and O–H groups in total.